The van der Waals surface area contributed by atoms with Crippen LogP contribution in [-0.4, -0.2) is 16.5 Å². The van der Waals surface area contributed by atoms with Crippen molar-refractivity contribution in [3.8, 4) is 0 Å². The van der Waals surface area contributed by atoms with Crippen LogP contribution in [0.15, 0.2) is 106 Å². The Hall–Kier alpha value is -4.44. The fraction of sp³-hybridized carbons (Fsp3) is 0.0625. The molecule has 0 spiro atoms. The van der Waals surface area contributed by atoms with E-state index in [1.54, 1.807) is 24.3 Å². The van der Waals surface area contributed by atoms with Crippen LogP contribution in [0.2, 0.25) is 0 Å². The SMILES string of the molecule is O=C1C=CC(c2cc3ccccc3c3c2op(O)oc2c(C4=CCC(=O)C=C4)cc4ccccc4c23)=CC1. The largest absolute Gasteiger partial charge is 0.398 e. The Balaban J connectivity index is 1.74. The van der Waals surface area contributed by atoms with E-state index in [-0.39, 0.29) is 11.6 Å². The molecule has 0 saturated heterocycles. The summed E-state index contributed by atoms with van der Waals surface area (Å²) in [5.41, 5.74) is 4.33. The van der Waals surface area contributed by atoms with E-state index in [9.17, 15) is 14.5 Å². The maximum atomic E-state index is 11.9. The molecule has 6 heteroatoms. The number of rotatable bonds is 2. The molecular weight excluding hydrogens is 495 g/mol. The molecule has 1 aromatic heterocycles. The van der Waals surface area contributed by atoms with Crippen LogP contribution in [-0.2, 0) is 9.59 Å². The van der Waals surface area contributed by atoms with Crippen LogP contribution < -0.4 is 0 Å². The maximum absolute atomic E-state index is 11.9. The summed E-state index contributed by atoms with van der Waals surface area (Å²) in [5.74, 6) is 0.0881. The highest BCUT2D eigenvalue weighted by Gasteiger charge is 2.21. The van der Waals surface area contributed by atoms with E-state index in [1.165, 1.54) is 0 Å². The summed E-state index contributed by atoms with van der Waals surface area (Å²) in [4.78, 5) is 34.9. The van der Waals surface area contributed by atoms with Crippen LogP contribution in [0.4, 0.5) is 0 Å². The van der Waals surface area contributed by atoms with Crippen molar-refractivity contribution in [1.82, 2.24) is 0 Å². The zero-order chi connectivity index (χ0) is 25.8. The number of fused-ring (bicyclic) bond motifs is 7. The summed E-state index contributed by atoms with van der Waals surface area (Å²) < 4.78 is 12.4. The molecule has 2 aliphatic rings. The monoisotopic (exact) mass is 516 g/mol. The number of carbonyl (C=O) groups is 2. The Morgan fingerprint density at radius 3 is 1.50 bits per heavy atom. The van der Waals surface area contributed by atoms with Gasteiger partial charge >= 0.3 is 8.24 Å². The van der Waals surface area contributed by atoms with Crippen molar-refractivity contribution in [3.63, 3.8) is 0 Å². The van der Waals surface area contributed by atoms with Gasteiger partial charge in [-0.15, -0.1) is 0 Å². The van der Waals surface area contributed by atoms with Crippen molar-refractivity contribution in [2.45, 2.75) is 12.8 Å². The number of benzene rings is 4. The van der Waals surface area contributed by atoms with Gasteiger partial charge in [-0.1, -0.05) is 72.8 Å². The molecule has 2 aliphatic carbocycles. The van der Waals surface area contributed by atoms with Crippen molar-refractivity contribution >= 4 is 74.4 Å². The maximum Gasteiger partial charge on any atom is 0.384 e. The summed E-state index contributed by atoms with van der Waals surface area (Å²) in [5, 5.41) is 5.58. The first-order valence-corrected chi connectivity index (χ1v) is 13.5. The van der Waals surface area contributed by atoms with Crippen LogP contribution in [0.3, 0.4) is 0 Å². The number of ketones is 2. The van der Waals surface area contributed by atoms with Crippen molar-refractivity contribution in [1.29, 1.82) is 0 Å². The summed E-state index contributed by atoms with van der Waals surface area (Å²) >= 11 is 0. The normalized spacial score (nSPS) is 15.5. The first kappa shape index (κ1) is 22.7. The molecule has 0 atom stereocenters. The molecule has 7 rings (SSSR count). The summed E-state index contributed by atoms with van der Waals surface area (Å²) in [6.07, 6.45) is 11.2. The Morgan fingerprint density at radius 2 is 1.08 bits per heavy atom. The van der Waals surface area contributed by atoms with Gasteiger partial charge in [0.15, 0.2) is 22.7 Å². The minimum Gasteiger partial charge on any atom is -0.398 e. The molecule has 184 valence electrons. The van der Waals surface area contributed by atoms with Crippen LogP contribution in [0.25, 0.3) is 54.6 Å². The van der Waals surface area contributed by atoms with E-state index in [0.29, 0.717) is 24.0 Å². The number of carbonyl (C=O) groups excluding carboxylic acids is 2. The average molecular weight is 516 g/mol. The molecule has 0 bridgehead atoms. The van der Waals surface area contributed by atoms with Gasteiger partial charge in [-0.3, -0.25) is 14.5 Å². The first-order chi connectivity index (χ1) is 18.6. The van der Waals surface area contributed by atoms with Gasteiger partial charge in [0, 0.05) is 34.7 Å². The van der Waals surface area contributed by atoms with E-state index in [1.807, 2.05) is 60.7 Å². The van der Waals surface area contributed by atoms with E-state index < -0.39 is 8.24 Å². The van der Waals surface area contributed by atoms with E-state index in [2.05, 4.69) is 12.1 Å². The summed E-state index contributed by atoms with van der Waals surface area (Å²) in [6.45, 7) is 0. The van der Waals surface area contributed by atoms with Gasteiger partial charge in [-0.25, -0.2) is 0 Å². The van der Waals surface area contributed by atoms with Gasteiger partial charge in [0.2, 0.25) is 0 Å². The molecule has 0 aliphatic heterocycles. The van der Waals surface area contributed by atoms with Crippen molar-refractivity contribution in [2.24, 2.45) is 0 Å². The number of hydrogen-bond acceptors (Lipinski definition) is 5. The highest BCUT2D eigenvalue weighted by Crippen LogP contribution is 2.45. The summed E-state index contributed by atoms with van der Waals surface area (Å²) in [7, 11) is -2.33. The molecule has 0 fully saturated rings. The van der Waals surface area contributed by atoms with Crippen LogP contribution in [0.5, 0.6) is 0 Å². The molecule has 0 radical (unpaired) electrons. The van der Waals surface area contributed by atoms with Gasteiger partial charge in [0.05, 0.1) is 0 Å². The number of hydrogen-bond donors (Lipinski definition) is 1. The van der Waals surface area contributed by atoms with Crippen LogP contribution >= 0.6 is 8.24 Å². The fourth-order valence-corrected chi connectivity index (χ4v) is 6.13. The zero-order valence-electron chi connectivity index (χ0n) is 20.2. The predicted octanol–water partition coefficient (Wildman–Crippen LogP) is 8.18. The minimum absolute atomic E-state index is 0.0440. The Morgan fingerprint density at radius 1 is 0.632 bits per heavy atom. The first-order valence-electron chi connectivity index (χ1n) is 12.4. The molecule has 0 saturated carbocycles. The highest BCUT2D eigenvalue weighted by atomic mass is 31.1. The lowest BCUT2D eigenvalue weighted by Gasteiger charge is -2.14. The third kappa shape index (κ3) is 3.67. The van der Waals surface area contributed by atoms with Gasteiger partial charge in [0.25, 0.3) is 0 Å². The topological polar surface area (TPSA) is 80.7 Å². The van der Waals surface area contributed by atoms with Gasteiger partial charge in [-0.2, -0.15) is 0 Å². The molecule has 5 nitrogen and oxygen atoms in total. The average Bonchev–Trinajstić information content (AvgIpc) is 3.09. The van der Waals surface area contributed by atoms with Crippen molar-refractivity contribution < 1.29 is 22.9 Å². The second-order valence-electron chi connectivity index (χ2n) is 9.45. The Bertz CT molecular complexity index is 1880. The van der Waals surface area contributed by atoms with E-state index >= 15 is 0 Å². The summed E-state index contributed by atoms with van der Waals surface area (Å²) in [6, 6.07) is 20.2. The molecule has 1 N–H and O–H groups in total. The smallest absolute Gasteiger partial charge is 0.384 e. The Kier molecular flexibility index (Phi) is 5.29. The van der Waals surface area contributed by atoms with Gasteiger partial charge < -0.3 is 8.39 Å². The molecule has 5 aromatic rings. The molecular formula is C32H21O5P. The third-order valence-corrected chi connectivity index (χ3v) is 7.84. The molecule has 38 heavy (non-hydrogen) atoms. The van der Waals surface area contributed by atoms with E-state index in [4.69, 9.17) is 8.39 Å². The van der Waals surface area contributed by atoms with Crippen molar-refractivity contribution in [2.75, 3.05) is 0 Å². The molecule has 1 heterocycles. The lowest BCUT2D eigenvalue weighted by molar-refractivity contribution is -0.114. The standard InChI is InChI=1S/C32H21O5P/c33-23-13-9-19(10-14-23)27-17-21-5-1-3-7-25(21)29-30-26-8-4-2-6-22(26)18-28(20-11-15-24(34)16-12-20)32(30)37-38(35)36-31(27)29/h1-13,15,17-18,35H,14,16H2. The molecule has 4 aromatic carbocycles. The fourth-order valence-electron chi connectivity index (χ4n) is 5.41. The lowest BCUT2D eigenvalue weighted by atomic mass is 9.89. The third-order valence-electron chi connectivity index (χ3n) is 7.16. The van der Waals surface area contributed by atoms with E-state index in [0.717, 1.165) is 54.6 Å². The second-order valence-corrected chi connectivity index (χ2v) is 10.3. The molecule has 0 amide bonds. The zero-order valence-corrected chi connectivity index (χ0v) is 21.1. The Labute approximate surface area is 218 Å². The van der Waals surface area contributed by atoms with Crippen LogP contribution in [0.1, 0.15) is 24.0 Å². The quantitative estimate of drug-likeness (QED) is 0.256. The van der Waals surface area contributed by atoms with Gasteiger partial charge in [0.1, 0.15) is 0 Å². The van der Waals surface area contributed by atoms with Crippen molar-refractivity contribution in [3.05, 3.63) is 108 Å². The van der Waals surface area contributed by atoms with Gasteiger partial charge in [-0.05, 0) is 57.0 Å². The predicted molar refractivity (Wildman–Crippen MR) is 152 cm³/mol. The highest BCUT2D eigenvalue weighted by molar-refractivity contribution is 7.30. The minimum atomic E-state index is -2.33. The second kappa shape index (κ2) is 8.84. The lowest BCUT2D eigenvalue weighted by Crippen LogP contribution is -1.97. The molecule has 0 unspecified atom stereocenters. The number of allylic oxidation sites excluding steroid dienone is 8. The van der Waals surface area contributed by atoms with Crippen LogP contribution in [0, 0.1) is 0 Å².